The first-order valence-corrected chi connectivity index (χ1v) is 6.71. The molecule has 98 valence electrons. The van der Waals surface area contributed by atoms with E-state index in [4.69, 9.17) is 0 Å². The Bertz CT molecular complexity index is 591. The van der Waals surface area contributed by atoms with Crippen LogP contribution in [0.2, 0.25) is 0 Å². The first-order valence-electron chi connectivity index (χ1n) is 5.77. The Morgan fingerprint density at radius 3 is 2.26 bits per heavy atom. The van der Waals surface area contributed by atoms with Crippen LogP contribution in [-0.4, -0.2) is 46.5 Å². The molecule has 0 N–H and O–H groups in total. The number of thiophene rings is 1. The lowest BCUT2D eigenvalue weighted by atomic mass is 10.0. The molecule has 0 saturated carbocycles. The average Bonchev–Trinajstić information content (AvgIpc) is 2.94. The van der Waals surface area contributed by atoms with Gasteiger partial charge in [-0.1, -0.05) is 0 Å². The zero-order chi connectivity index (χ0) is 13.7. The monoisotopic (exact) mass is 278 g/mol. The summed E-state index contributed by atoms with van der Waals surface area (Å²) >= 11 is 1.28. The van der Waals surface area contributed by atoms with Crippen LogP contribution in [0, 0.1) is 0 Å². The second-order valence-corrected chi connectivity index (χ2v) is 5.27. The summed E-state index contributed by atoms with van der Waals surface area (Å²) in [6, 6.07) is -0.861. The van der Waals surface area contributed by atoms with Gasteiger partial charge in [0.05, 0.1) is 11.1 Å². The van der Waals surface area contributed by atoms with Gasteiger partial charge in [0.1, 0.15) is 6.04 Å². The highest BCUT2D eigenvalue weighted by Gasteiger charge is 2.46. The van der Waals surface area contributed by atoms with Crippen LogP contribution < -0.4 is 0 Å². The fraction of sp³-hybridized carbons (Fsp3) is 0.333. The first kappa shape index (κ1) is 12.0. The smallest absolute Gasteiger partial charge is 0.263 e. The number of fused-ring (bicyclic) bond motifs is 1. The van der Waals surface area contributed by atoms with E-state index in [0.29, 0.717) is 11.1 Å². The Labute approximate surface area is 112 Å². The van der Waals surface area contributed by atoms with Crippen molar-refractivity contribution < 1.29 is 19.2 Å². The highest BCUT2D eigenvalue weighted by atomic mass is 32.1. The second kappa shape index (κ2) is 3.99. The molecule has 0 aromatic carbocycles. The van der Waals surface area contributed by atoms with Crippen molar-refractivity contribution in [1.82, 2.24) is 9.80 Å². The topological polar surface area (TPSA) is 74.8 Å². The number of likely N-dealkylation sites (N-methyl/N-ethyl adjacent to an activating group) is 1. The lowest BCUT2D eigenvalue weighted by Crippen LogP contribution is -2.54. The zero-order valence-corrected chi connectivity index (χ0v) is 10.9. The van der Waals surface area contributed by atoms with Gasteiger partial charge in [-0.2, -0.15) is 11.3 Å². The van der Waals surface area contributed by atoms with E-state index in [1.165, 1.54) is 18.4 Å². The Hall–Kier alpha value is -2.02. The van der Waals surface area contributed by atoms with Crippen LogP contribution in [0.4, 0.5) is 0 Å². The van der Waals surface area contributed by atoms with Crippen molar-refractivity contribution in [1.29, 1.82) is 0 Å². The van der Waals surface area contributed by atoms with Gasteiger partial charge in [0.25, 0.3) is 17.7 Å². The van der Waals surface area contributed by atoms with E-state index in [1.54, 1.807) is 10.8 Å². The van der Waals surface area contributed by atoms with E-state index < -0.39 is 23.8 Å². The molecule has 1 unspecified atom stereocenters. The molecule has 2 aliphatic heterocycles. The van der Waals surface area contributed by atoms with E-state index >= 15 is 0 Å². The van der Waals surface area contributed by atoms with Crippen LogP contribution in [0.5, 0.6) is 0 Å². The molecule has 1 saturated heterocycles. The number of imide groups is 2. The maximum atomic E-state index is 12.2. The highest BCUT2D eigenvalue weighted by Crippen LogP contribution is 2.30. The van der Waals surface area contributed by atoms with Crippen molar-refractivity contribution >= 4 is 35.0 Å². The second-order valence-electron chi connectivity index (χ2n) is 4.52. The van der Waals surface area contributed by atoms with Crippen molar-refractivity contribution in [3.8, 4) is 0 Å². The molecule has 6 nitrogen and oxygen atoms in total. The molecule has 0 bridgehead atoms. The molecule has 0 spiro atoms. The van der Waals surface area contributed by atoms with Crippen LogP contribution in [0.3, 0.4) is 0 Å². The fourth-order valence-electron chi connectivity index (χ4n) is 2.40. The summed E-state index contributed by atoms with van der Waals surface area (Å²) in [6.07, 6.45) is 0.365. The van der Waals surface area contributed by atoms with Crippen molar-refractivity contribution in [2.45, 2.75) is 18.9 Å². The summed E-state index contributed by atoms with van der Waals surface area (Å²) in [4.78, 5) is 49.8. The molecule has 1 aromatic rings. The van der Waals surface area contributed by atoms with Crippen molar-refractivity contribution in [3.63, 3.8) is 0 Å². The maximum Gasteiger partial charge on any atom is 0.263 e. The molecule has 2 aliphatic rings. The number of piperidine rings is 1. The number of hydrogen-bond donors (Lipinski definition) is 0. The molecule has 3 rings (SSSR count). The number of amides is 4. The number of carbonyl (C=O) groups is 4. The molecule has 1 aromatic heterocycles. The molecule has 4 amide bonds. The quantitative estimate of drug-likeness (QED) is 0.701. The Balaban J connectivity index is 1.94. The minimum atomic E-state index is -0.861. The number of nitrogens with zero attached hydrogens (tertiary/aromatic N) is 2. The van der Waals surface area contributed by atoms with Gasteiger partial charge in [-0.15, -0.1) is 0 Å². The lowest BCUT2D eigenvalue weighted by Gasteiger charge is -2.32. The third kappa shape index (κ3) is 1.54. The van der Waals surface area contributed by atoms with Crippen molar-refractivity contribution in [3.05, 3.63) is 21.9 Å². The van der Waals surface area contributed by atoms with E-state index in [9.17, 15) is 19.2 Å². The molecule has 19 heavy (non-hydrogen) atoms. The third-order valence-electron chi connectivity index (χ3n) is 3.49. The van der Waals surface area contributed by atoms with Crippen LogP contribution in [0.1, 0.15) is 33.6 Å². The Morgan fingerprint density at radius 2 is 1.68 bits per heavy atom. The zero-order valence-electron chi connectivity index (χ0n) is 10.1. The van der Waals surface area contributed by atoms with Crippen LogP contribution in [0.25, 0.3) is 0 Å². The minimum Gasteiger partial charge on any atom is -0.284 e. The molecular formula is C12H10N2O4S. The van der Waals surface area contributed by atoms with Gasteiger partial charge in [0, 0.05) is 24.2 Å². The fourth-order valence-corrected chi connectivity index (χ4v) is 3.20. The molecule has 1 atom stereocenters. The molecule has 3 heterocycles. The number of carbonyl (C=O) groups excluding carboxylic acids is 4. The summed E-state index contributed by atoms with van der Waals surface area (Å²) in [5.41, 5.74) is 0.699. The van der Waals surface area contributed by atoms with E-state index in [2.05, 4.69) is 0 Å². The summed E-state index contributed by atoms with van der Waals surface area (Å²) in [7, 11) is 1.37. The third-order valence-corrected chi connectivity index (χ3v) is 4.24. The molecule has 1 fully saturated rings. The standard InChI is InChI=1S/C12H10N2O4S/c1-13-9(15)3-2-8(12(13)18)14-10(16)6-4-19-5-7(6)11(14)17/h4-5,8H,2-3H2,1H3. The van der Waals surface area contributed by atoms with Crippen LogP contribution in [-0.2, 0) is 9.59 Å². The first-order chi connectivity index (χ1) is 9.02. The molecule has 7 heteroatoms. The maximum absolute atomic E-state index is 12.2. The Morgan fingerprint density at radius 1 is 1.11 bits per heavy atom. The molecular weight excluding hydrogens is 268 g/mol. The Kier molecular flexibility index (Phi) is 2.53. The summed E-state index contributed by atoms with van der Waals surface area (Å²) < 4.78 is 0. The molecule has 0 aliphatic carbocycles. The largest absolute Gasteiger partial charge is 0.284 e. The number of rotatable bonds is 1. The van der Waals surface area contributed by atoms with E-state index in [0.717, 1.165) is 9.80 Å². The summed E-state index contributed by atoms with van der Waals surface area (Å²) in [5.74, 6) is -1.66. The van der Waals surface area contributed by atoms with Crippen molar-refractivity contribution in [2.24, 2.45) is 0 Å². The summed E-state index contributed by atoms with van der Waals surface area (Å²) in [6.45, 7) is 0. The highest BCUT2D eigenvalue weighted by molar-refractivity contribution is 7.08. The normalized spacial score (nSPS) is 23.3. The van der Waals surface area contributed by atoms with Crippen LogP contribution >= 0.6 is 11.3 Å². The van der Waals surface area contributed by atoms with Gasteiger partial charge < -0.3 is 0 Å². The van der Waals surface area contributed by atoms with Crippen LogP contribution in [0.15, 0.2) is 10.8 Å². The van der Waals surface area contributed by atoms with E-state index in [1.807, 2.05) is 0 Å². The van der Waals surface area contributed by atoms with Gasteiger partial charge >= 0.3 is 0 Å². The number of likely N-dealkylation sites (tertiary alicyclic amines) is 1. The van der Waals surface area contributed by atoms with Gasteiger partial charge in [-0.05, 0) is 6.42 Å². The SMILES string of the molecule is CN1C(=O)CCC(N2C(=O)c3cscc3C2=O)C1=O. The summed E-state index contributed by atoms with van der Waals surface area (Å²) in [5, 5.41) is 3.22. The van der Waals surface area contributed by atoms with E-state index in [-0.39, 0.29) is 18.7 Å². The predicted molar refractivity (Wildman–Crippen MR) is 65.6 cm³/mol. The predicted octanol–water partition coefficient (Wildman–Crippen LogP) is 0.491. The lowest BCUT2D eigenvalue weighted by molar-refractivity contribution is -0.149. The van der Waals surface area contributed by atoms with Gasteiger partial charge in [0.15, 0.2) is 0 Å². The van der Waals surface area contributed by atoms with Gasteiger partial charge in [-0.25, -0.2) is 0 Å². The van der Waals surface area contributed by atoms with Gasteiger partial charge in [-0.3, -0.25) is 29.0 Å². The number of hydrogen-bond acceptors (Lipinski definition) is 5. The van der Waals surface area contributed by atoms with Gasteiger partial charge in [0.2, 0.25) is 5.91 Å². The molecule has 0 radical (unpaired) electrons. The average molecular weight is 278 g/mol. The van der Waals surface area contributed by atoms with Crippen molar-refractivity contribution in [2.75, 3.05) is 7.05 Å². The minimum absolute atomic E-state index is 0.164.